The van der Waals surface area contributed by atoms with E-state index in [0.29, 0.717) is 5.56 Å². The van der Waals surface area contributed by atoms with Gasteiger partial charge in [0, 0.05) is 25.3 Å². The number of nitrogens with one attached hydrogen (secondary N) is 1. The monoisotopic (exact) mass is 403 g/mol. The molecule has 2 heterocycles. The summed E-state index contributed by atoms with van der Waals surface area (Å²) in [6.45, 7) is -0.606. The van der Waals surface area contributed by atoms with Gasteiger partial charge in [0.1, 0.15) is 30.9 Å². The summed E-state index contributed by atoms with van der Waals surface area (Å²) in [4.78, 5) is 40.1. The van der Waals surface area contributed by atoms with Crippen LogP contribution in [0.25, 0.3) is 0 Å². The van der Waals surface area contributed by atoms with Crippen molar-refractivity contribution in [2.45, 2.75) is 24.9 Å². The lowest BCUT2D eigenvalue weighted by Gasteiger charge is -2.16. The molecule has 1 saturated heterocycles. The van der Waals surface area contributed by atoms with E-state index in [1.165, 1.54) is 23.9 Å². The predicted octanol–water partition coefficient (Wildman–Crippen LogP) is 0.334. The molecule has 10 heteroatoms. The Morgan fingerprint density at radius 1 is 1.31 bits per heavy atom. The van der Waals surface area contributed by atoms with Gasteiger partial charge in [0.05, 0.1) is 6.61 Å². The number of carbonyl (C=O) groups excluding carboxylic acids is 2. The number of ether oxygens (including phenoxy) is 3. The van der Waals surface area contributed by atoms with Crippen LogP contribution in [0.3, 0.4) is 0 Å². The van der Waals surface area contributed by atoms with Gasteiger partial charge < -0.3 is 24.6 Å². The highest BCUT2D eigenvalue weighted by Crippen LogP contribution is 2.29. The molecule has 2 N–H and O–H groups in total. The molecule has 3 rings (SSSR count). The Balaban J connectivity index is 1.69. The van der Waals surface area contributed by atoms with Crippen LogP contribution in [0.4, 0.5) is 5.82 Å². The maximum Gasteiger partial charge on any atom is 0.351 e. The van der Waals surface area contributed by atoms with E-state index in [0.717, 1.165) is 0 Å². The van der Waals surface area contributed by atoms with Gasteiger partial charge in [-0.3, -0.25) is 9.36 Å². The van der Waals surface area contributed by atoms with E-state index in [4.69, 9.17) is 14.2 Å². The van der Waals surface area contributed by atoms with Crippen LogP contribution in [-0.4, -0.2) is 59.1 Å². The average molecular weight is 403 g/mol. The number of hydrogen-bond donors (Lipinski definition) is 2. The molecule has 10 nitrogen and oxygen atoms in total. The van der Waals surface area contributed by atoms with Crippen molar-refractivity contribution < 1.29 is 28.9 Å². The van der Waals surface area contributed by atoms with Crippen molar-refractivity contribution in [2.75, 3.05) is 25.6 Å². The van der Waals surface area contributed by atoms with E-state index in [1.807, 2.05) is 0 Å². The summed E-state index contributed by atoms with van der Waals surface area (Å²) in [5.74, 6) is -0.887. The Labute approximate surface area is 166 Å². The van der Waals surface area contributed by atoms with Gasteiger partial charge in [-0.15, -0.1) is 0 Å². The van der Waals surface area contributed by atoms with Crippen molar-refractivity contribution in [3.8, 4) is 0 Å². The Morgan fingerprint density at radius 3 is 2.72 bits per heavy atom. The van der Waals surface area contributed by atoms with Gasteiger partial charge in [0.15, 0.2) is 0 Å². The molecule has 154 valence electrons. The Bertz CT molecular complexity index is 916. The number of rotatable bonds is 7. The first-order chi connectivity index (χ1) is 14.0. The molecule has 1 amide bonds. The van der Waals surface area contributed by atoms with Crippen molar-refractivity contribution in [1.82, 2.24) is 9.55 Å². The number of hydrogen-bond acceptors (Lipinski definition) is 8. The number of aliphatic hydroxyl groups excluding tert-OH is 1. The summed E-state index contributed by atoms with van der Waals surface area (Å²) in [6, 6.07) is 9.99. The fraction of sp³-hybridized carbons (Fsp3) is 0.368. The Kier molecular flexibility index (Phi) is 6.70. The first-order valence-electron chi connectivity index (χ1n) is 8.92. The minimum absolute atomic E-state index is 0.0971. The standard InChI is InChI=1S/C19H21N3O7/c1-27-11-17(24)29-13-9-16(28-14(13)10-23)22-8-7-15(21-19(22)26)20-18(25)12-5-3-2-4-6-12/h2-8,13-14,16,23H,9-11H2,1H3,(H,20,21,25,26)/t13-,14+,16+/m0/s1. The molecule has 1 aromatic carbocycles. The third-order valence-corrected chi connectivity index (χ3v) is 4.32. The van der Waals surface area contributed by atoms with Gasteiger partial charge in [0.2, 0.25) is 0 Å². The maximum absolute atomic E-state index is 12.4. The Morgan fingerprint density at radius 2 is 2.07 bits per heavy atom. The van der Waals surface area contributed by atoms with Crippen molar-refractivity contribution in [1.29, 1.82) is 0 Å². The summed E-state index contributed by atoms with van der Waals surface area (Å²) in [6.07, 6.45) is -0.680. The van der Waals surface area contributed by atoms with Gasteiger partial charge in [-0.2, -0.15) is 4.98 Å². The first-order valence-corrected chi connectivity index (χ1v) is 8.92. The summed E-state index contributed by atoms with van der Waals surface area (Å²) in [5.41, 5.74) is -0.217. The number of anilines is 1. The third-order valence-electron chi connectivity index (χ3n) is 4.32. The number of esters is 1. The number of carbonyl (C=O) groups is 2. The minimum atomic E-state index is -0.773. The minimum Gasteiger partial charge on any atom is -0.458 e. The van der Waals surface area contributed by atoms with Crippen LogP contribution in [0.2, 0.25) is 0 Å². The van der Waals surface area contributed by atoms with Crippen LogP contribution < -0.4 is 11.0 Å². The summed E-state index contributed by atoms with van der Waals surface area (Å²) in [5, 5.41) is 12.0. The molecule has 0 radical (unpaired) electrons. The van der Waals surface area contributed by atoms with Crippen molar-refractivity contribution >= 4 is 17.7 Å². The van der Waals surface area contributed by atoms with E-state index in [9.17, 15) is 19.5 Å². The molecule has 0 spiro atoms. The van der Waals surface area contributed by atoms with E-state index >= 15 is 0 Å². The summed E-state index contributed by atoms with van der Waals surface area (Å²) >= 11 is 0. The molecular weight excluding hydrogens is 382 g/mol. The molecule has 1 fully saturated rings. The number of amides is 1. The van der Waals surface area contributed by atoms with E-state index < -0.39 is 36.0 Å². The van der Waals surface area contributed by atoms with Crippen LogP contribution in [0.1, 0.15) is 23.0 Å². The molecule has 1 aliphatic rings. The molecule has 1 aliphatic heterocycles. The predicted molar refractivity (Wildman–Crippen MR) is 100 cm³/mol. The number of aromatic nitrogens is 2. The molecule has 0 unspecified atom stereocenters. The number of aliphatic hydroxyl groups is 1. The molecule has 0 bridgehead atoms. The van der Waals surface area contributed by atoms with Crippen LogP contribution in [0.15, 0.2) is 47.4 Å². The van der Waals surface area contributed by atoms with E-state index in [-0.39, 0.29) is 25.5 Å². The van der Waals surface area contributed by atoms with Crippen LogP contribution in [-0.2, 0) is 19.0 Å². The van der Waals surface area contributed by atoms with Crippen LogP contribution >= 0.6 is 0 Å². The van der Waals surface area contributed by atoms with Gasteiger partial charge in [-0.1, -0.05) is 18.2 Å². The molecule has 0 aliphatic carbocycles. The zero-order chi connectivity index (χ0) is 20.8. The lowest BCUT2D eigenvalue weighted by atomic mass is 10.2. The molecule has 3 atom stereocenters. The average Bonchev–Trinajstić information content (AvgIpc) is 3.11. The Hall–Kier alpha value is -3.08. The second-order valence-electron chi connectivity index (χ2n) is 6.33. The quantitative estimate of drug-likeness (QED) is 0.633. The largest absolute Gasteiger partial charge is 0.458 e. The first kappa shape index (κ1) is 20.6. The second-order valence-corrected chi connectivity index (χ2v) is 6.33. The van der Waals surface area contributed by atoms with Crippen LogP contribution in [0, 0.1) is 0 Å². The zero-order valence-corrected chi connectivity index (χ0v) is 15.7. The molecule has 0 saturated carbocycles. The lowest BCUT2D eigenvalue weighted by Crippen LogP contribution is -2.31. The fourth-order valence-corrected chi connectivity index (χ4v) is 2.96. The van der Waals surface area contributed by atoms with E-state index in [1.54, 1.807) is 30.3 Å². The fourth-order valence-electron chi connectivity index (χ4n) is 2.96. The number of methoxy groups -OCH3 is 1. The highest BCUT2D eigenvalue weighted by Gasteiger charge is 2.39. The van der Waals surface area contributed by atoms with Gasteiger partial charge in [-0.05, 0) is 18.2 Å². The van der Waals surface area contributed by atoms with Crippen LogP contribution in [0.5, 0.6) is 0 Å². The zero-order valence-electron chi connectivity index (χ0n) is 15.7. The summed E-state index contributed by atoms with van der Waals surface area (Å²) in [7, 11) is 1.36. The smallest absolute Gasteiger partial charge is 0.351 e. The van der Waals surface area contributed by atoms with Crippen molar-refractivity contribution in [2.24, 2.45) is 0 Å². The summed E-state index contributed by atoms with van der Waals surface area (Å²) < 4.78 is 16.8. The van der Waals surface area contributed by atoms with E-state index in [2.05, 4.69) is 10.3 Å². The topological polar surface area (TPSA) is 129 Å². The SMILES string of the molecule is COCC(=O)O[C@H]1C[C@H](n2ccc(NC(=O)c3ccccc3)nc2=O)O[C@@H]1CO. The molecule has 2 aromatic rings. The van der Waals surface area contributed by atoms with Crippen molar-refractivity contribution in [3.63, 3.8) is 0 Å². The lowest BCUT2D eigenvalue weighted by molar-refractivity contribution is -0.157. The number of nitrogens with zero attached hydrogens (tertiary/aromatic N) is 2. The molecular formula is C19H21N3O7. The maximum atomic E-state index is 12.4. The van der Waals surface area contributed by atoms with Gasteiger partial charge in [0.25, 0.3) is 5.91 Å². The normalized spacial score (nSPS) is 21.0. The van der Waals surface area contributed by atoms with Crippen molar-refractivity contribution in [3.05, 3.63) is 58.6 Å². The molecule has 29 heavy (non-hydrogen) atoms. The third kappa shape index (κ3) is 5.05. The molecule has 1 aromatic heterocycles. The number of benzene rings is 1. The van der Waals surface area contributed by atoms with Gasteiger partial charge >= 0.3 is 11.7 Å². The highest BCUT2D eigenvalue weighted by molar-refractivity contribution is 6.03. The van der Waals surface area contributed by atoms with Gasteiger partial charge in [-0.25, -0.2) is 9.59 Å². The second kappa shape index (κ2) is 9.41. The highest BCUT2D eigenvalue weighted by atomic mass is 16.6.